The van der Waals surface area contributed by atoms with E-state index in [-0.39, 0.29) is 5.91 Å². The molecule has 0 aromatic heterocycles. The predicted molar refractivity (Wildman–Crippen MR) is 116 cm³/mol. The summed E-state index contributed by atoms with van der Waals surface area (Å²) >= 11 is 0. The number of carbonyl (C=O) groups excluding carboxylic acids is 4. The Hall–Kier alpha value is -3.68. The summed E-state index contributed by atoms with van der Waals surface area (Å²) < 4.78 is 5.15. The van der Waals surface area contributed by atoms with Crippen molar-refractivity contribution in [2.45, 2.75) is 39.3 Å². The highest BCUT2D eigenvalue weighted by atomic mass is 16.5. The van der Waals surface area contributed by atoms with Gasteiger partial charge >= 0.3 is 5.97 Å². The van der Waals surface area contributed by atoms with Gasteiger partial charge in [0.1, 0.15) is 11.6 Å². The molecule has 0 aliphatic carbocycles. The van der Waals surface area contributed by atoms with Gasteiger partial charge in [-0.15, -0.1) is 0 Å². The summed E-state index contributed by atoms with van der Waals surface area (Å²) in [5.74, 6) is -2.05. The normalized spacial score (nSPS) is 15.4. The van der Waals surface area contributed by atoms with Crippen molar-refractivity contribution >= 4 is 35.1 Å². The molecule has 0 unspecified atom stereocenters. The molecule has 1 aliphatic heterocycles. The Morgan fingerprint density at radius 2 is 1.84 bits per heavy atom. The number of esters is 1. The lowest BCUT2D eigenvalue weighted by atomic mass is 9.96. The van der Waals surface area contributed by atoms with Gasteiger partial charge in [0.05, 0.1) is 11.4 Å². The predicted octanol–water partition coefficient (Wildman–Crippen LogP) is 2.42. The van der Waals surface area contributed by atoms with Gasteiger partial charge in [-0.1, -0.05) is 29.8 Å². The van der Waals surface area contributed by atoms with Gasteiger partial charge in [-0.25, -0.2) is 4.79 Å². The molecular weight excluding hydrogens is 398 g/mol. The number of nitrogens with one attached hydrogen (secondary N) is 2. The second kappa shape index (κ2) is 8.59. The first-order valence-electron chi connectivity index (χ1n) is 9.89. The molecule has 31 heavy (non-hydrogen) atoms. The standard InChI is InChI=1S/C23H25N3O5/c1-14-8-7-9-16(12-14)20(28)24-15(2)21(29)31-13-19(27)26-18-11-6-5-10-17(18)25-22(30)23(26,3)4/h5-12,15H,13H2,1-4H3,(H,24,28)(H,25,30)/t15-/m0/s1. The van der Waals surface area contributed by atoms with Gasteiger partial charge in [-0.05, 0) is 52.0 Å². The number of para-hydroxylation sites is 2. The minimum absolute atomic E-state index is 0.343. The third-order valence-corrected chi connectivity index (χ3v) is 5.08. The highest BCUT2D eigenvalue weighted by Crippen LogP contribution is 2.36. The molecule has 1 atom stereocenters. The minimum Gasteiger partial charge on any atom is -0.454 e. The summed E-state index contributed by atoms with van der Waals surface area (Å²) in [7, 11) is 0. The van der Waals surface area contributed by atoms with Crippen molar-refractivity contribution in [3.63, 3.8) is 0 Å². The molecule has 162 valence electrons. The molecule has 3 amide bonds. The molecule has 2 aromatic carbocycles. The van der Waals surface area contributed by atoms with Gasteiger partial charge in [0.25, 0.3) is 11.8 Å². The summed E-state index contributed by atoms with van der Waals surface area (Å²) in [6, 6.07) is 12.9. The van der Waals surface area contributed by atoms with E-state index in [1.54, 1.807) is 56.3 Å². The van der Waals surface area contributed by atoms with Crippen LogP contribution in [-0.2, 0) is 19.1 Å². The summed E-state index contributed by atoms with van der Waals surface area (Å²) in [5.41, 5.74) is 1.21. The van der Waals surface area contributed by atoms with Crippen molar-refractivity contribution < 1.29 is 23.9 Å². The quantitative estimate of drug-likeness (QED) is 0.719. The van der Waals surface area contributed by atoms with Crippen LogP contribution in [0.15, 0.2) is 48.5 Å². The van der Waals surface area contributed by atoms with Crippen molar-refractivity contribution in [3.05, 3.63) is 59.7 Å². The third kappa shape index (κ3) is 4.58. The van der Waals surface area contributed by atoms with Crippen molar-refractivity contribution in [3.8, 4) is 0 Å². The molecule has 3 rings (SSSR count). The fraction of sp³-hybridized carbons (Fsp3) is 0.304. The fourth-order valence-electron chi connectivity index (χ4n) is 3.35. The molecule has 2 aromatic rings. The molecule has 8 heteroatoms. The first-order valence-corrected chi connectivity index (χ1v) is 9.89. The van der Waals surface area contributed by atoms with E-state index in [0.29, 0.717) is 16.9 Å². The zero-order chi connectivity index (χ0) is 22.8. The molecule has 0 saturated heterocycles. The highest BCUT2D eigenvalue weighted by Gasteiger charge is 2.43. The molecule has 0 saturated carbocycles. The number of benzene rings is 2. The summed E-state index contributed by atoms with van der Waals surface area (Å²) in [4.78, 5) is 51.4. The number of hydrogen-bond donors (Lipinski definition) is 2. The van der Waals surface area contributed by atoms with Crippen LogP contribution in [0.1, 0.15) is 36.7 Å². The maximum Gasteiger partial charge on any atom is 0.328 e. The Bertz CT molecular complexity index is 1050. The Labute approximate surface area is 180 Å². The van der Waals surface area contributed by atoms with Crippen LogP contribution in [-0.4, -0.2) is 41.9 Å². The number of aryl methyl sites for hydroxylation is 1. The van der Waals surface area contributed by atoms with Crippen LogP contribution in [0.4, 0.5) is 11.4 Å². The Morgan fingerprint density at radius 3 is 2.55 bits per heavy atom. The molecule has 0 bridgehead atoms. The second-order valence-electron chi connectivity index (χ2n) is 7.93. The van der Waals surface area contributed by atoms with Crippen LogP contribution in [0, 0.1) is 6.92 Å². The van der Waals surface area contributed by atoms with Crippen LogP contribution >= 0.6 is 0 Å². The number of rotatable bonds is 5. The Morgan fingerprint density at radius 1 is 1.13 bits per heavy atom. The third-order valence-electron chi connectivity index (χ3n) is 5.08. The van der Waals surface area contributed by atoms with E-state index >= 15 is 0 Å². The maximum absolute atomic E-state index is 12.9. The van der Waals surface area contributed by atoms with E-state index in [9.17, 15) is 19.2 Å². The fourth-order valence-corrected chi connectivity index (χ4v) is 3.35. The maximum atomic E-state index is 12.9. The molecule has 1 heterocycles. The van der Waals surface area contributed by atoms with Crippen molar-refractivity contribution in [2.24, 2.45) is 0 Å². The molecule has 0 radical (unpaired) electrons. The number of amides is 3. The summed E-state index contributed by atoms with van der Waals surface area (Å²) in [6.45, 7) is 6.01. The topological polar surface area (TPSA) is 105 Å². The molecule has 1 aliphatic rings. The molecular formula is C23H25N3O5. The number of ether oxygens (including phenoxy) is 1. The lowest BCUT2D eigenvalue weighted by Crippen LogP contribution is -2.59. The van der Waals surface area contributed by atoms with Crippen LogP contribution in [0.5, 0.6) is 0 Å². The van der Waals surface area contributed by atoms with Crippen molar-refractivity contribution in [1.82, 2.24) is 5.32 Å². The first-order chi connectivity index (χ1) is 14.6. The SMILES string of the molecule is Cc1cccc(C(=O)N[C@@H](C)C(=O)OCC(=O)N2c3ccccc3NC(=O)C2(C)C)c1. The van der Waals surface area contributed by atoms with E-state index in [1.807, 2.05) is 13.0 Å². The van der Waals surface area contributed by atoms with Gasteiger partial charge in [0.2, 0.25) is 5.91 Å². The zero-order valence-corrected chi connectivity index (χ0v) is 17.9. The van der Waals surface area contributed by atoms with E-state index < -0.39 is 36.0 Å². The second-order valence-corrected chi connectivity index (χ2v) is 7.93. The summed E-state index contributed by atoms with van der Waals surface area (Å²) in [6.07, 6.45) is 0. The van der Waals surface area contributed by atoms with Crippen molar-refractivity contribution in [2.75, 3.05) is 16.8 Å². The minimum atomic E-state index is -1.16. The molecule has 2 N–H and O–H groups in total. The van der Waals surface area contributed by atoms with Gasteiger partial charge in [0, 0.05) is 5.56 Å². The number of anilines is 2. The summed E-state index contributed by atoms with van der Waals surface area (Å²) in [5, 5.41) is 5.33. The highest BCUT2D eigenvalue weighted by molar-refractivity contribution is 6.14. The van der Waals surface area contributed by atoms with Crippen LogP contribution in [0.25, 0.3) is 0 Å². The monoisotopic (exact) mass is 423 g/mol. The van der Waals surface area contributed by atoms with Gasteiger partial charge in [-0.3, -0.25) is 19.3 Å². The Kier molecular flexibility index (Phi) is 6.10. The van der Waals surface area contributed by atoms with E-state index in [2.05, 4.69) is 10.6 Å². The van der Waals surface area contributed by atoms with Gasteiger partial charge < -0.3 is 15.4 Å². The number of hydrogen-bond acceptors (Lipinski definition) is 5. The van der Waals surface area contributed by atoms with E-state index in [0.717, 1.165) is 5.56 Å². The average Bonchev–Trinajstić information content (AvgIpc) is 2.72. The van der Waals surface area contributed by atoms with Crippen LogP contribution in [0.2, 0.25) is 0 Å². The average molecular weight is 423 g/mol. The van der Waals surface area contributed by atoms with E-state index in [4.69, 9.17) is 4.74 Å². The van der Waals surface area contributed by atoms with Gasteiger partial charge in [-0.2, -0.15) is 0 Å². The molecule has 0 fully saturated rings. The lowest BCUT2D eigenvalue weighted by Gasteiger charge is -2.41. The van der Waals surface area contributed by atoms with Crippen LogP contribution < -0.4 is 15.5 Å². The van der Waals surface area contributed by atoms with Crippen molar-refractivity contribution in [1.29, 1.82) is 0 Å². The number of carbonyl (C=O) groups is 4. The van der Waals surface area contributed by atoms with Crippen LogP contribution in [0.3, 0.4) is 0 Å². The smallest absolute Gasteiger partial charge is 0.328 e. The number of nitrogens with zero attached hydrogens (tertiary/aromatic N) is 1. The zero-order valence-electron chi connectivity index (χ0n) is 17.9. The molecule has 8 nitrogen and oxygen atoms in total. The molecule has 0 spiro atoms. The first kappa shape index (κ1) is 22.0. The van der Waals surface area contributed by atoms with E-state index in [1.165, 1.54) is 11.8 Å². The lowest BCUT2D eigenvalue weighted by molar-refractivity contribution is -0.149. The van der Waals surface area contributed by atoms with Gasteiger partial charge in [0.15, 0.2) is 6.61 Å². The number of fused-ring (bicyclic) bond motifs is 1. The Balaban J connectivity index is 1.65. The largest absolute Gasteiger partial charge is 0.454 e.